The van der Waals surface area contributed by atoms with Crippen molar-refractivity contribution in [3.8, 4) is 0 Å². The highest BCUT2D eigenvalue weighted by Crippen LogP contribution is 2.29. The fourth-order valence-electron chi connectivity index (χ4n) is 1.07. The Morgan fingerprint density at radius 2 is 1.83 bits per heavy atom. The molecule has 0 unspecified atom stereocenters. The van der Waals surface area contributed by atoms with Crippen molar-refractivity contribution in [1.29, 1.82) is 0 Å². The van der Waals surface area contributed by atoms with Gasteiger partial charge in [0.2, 0.25) is 0 Å². The van der Waals surface area contributed by atoms with E-state index in [1.165, 1.54) is 0 Å². The molecule has 0 aliphatic rings. The number of hydrogen-bond acceptors (Lipinski definition) is 1. The predicted molar refractivity (Wildman–Crippen MR) is 54.2 cm³/mol. The highest BCUT2D eigenvalue weighted by atomic mass is 16.5. The molecule has 0 radical (unpaired) electrons. The molecule has 0 spiro atoms. The van der Waals surface area contributed by atoms with E-state index in [4.69, 9.17) is 4.74 Å². The monoisotopic (exact) mass is 170 g/mol. The van der Waals surface area contributed by atoms with Crippen LogP contribution in [0.15, 0.2) is 12.7 Å². The summed E-state index contributed by atoms with van der Waals surface area (Å²) in [7, 11) is 0. The third-order valence-corrected chi connectivity index (χ3v) is 2.55. The van der Waals surface area contributed by atoms with Gasteiger partial charge in [-0.25, -0.2) is 0 Å². The summed E-state index contributed by atoms with van der Waals surface area (Å²) >= 11 is 0. The molecule has 0 aromatic rings. The molecule has 0 saturated carbocycles. The van der Waals surface area contributed by atoms with E-state index < -0.39 is 0 Å². The first kappa shape index (κ1) is 11.7. The van der Waals surface area contributed by atoms with Crippen molar-refractivity contribution in [3.63, 3.8) is 0 Å². The predicted octanol–water partition coefficient (Wildman–Crippen LogP) is 3.26. The molecule has 0 aromatic carbocycles. The lowest BCUT2D eigenvalue weighted by Gasteiger charge is -2.32. The van der Waals surface area contributed by atoms with Crippen molar-refractivity contribution in [3.05, 3.63) is 12.7 Å². The second kappa shape index (κ2) is 4.66. The second-order valence-electron chi connectivity index (χ2n) is 4.48. The van der Waals surface area contributed by atoms with Gasteiger partial charge in [0.15, 0.2) is 0 Å². The molecule has 0 aliphatic heterocycles. The van der Waals surface area contributed by atoms with Crippen LogP contribution in [0.3, 0.4) is 0 Å². The van der Waals surface area contributed by atoms with Crippen LogP contribution in [0.2, 0.25) is 0 Å². The largest absolute Gasteiger partial charge is 0.374 e. The third kappa shape index (κ3) is 3.91. The molecule has 0 aliphatic carbocycles. The molecule has 2 atom stereocenters. The summed E-state index contributed by atoms with van der Waals surface area (Å²) in [5.74, 6) is 0.567. The minimum atomic E-state index is 0.308. The Kier molecular flexibility index (Phi) is 4.54. The first-order chi connectivity index (χ1) is 5.39. The van der Waals surface area contributed by atoms with Gasteiger partial charge in [0.1, 0.15) is 0 Å². The summed E-state index contributed by atoms with van der Waals surface area (Å²) in [6.45, 7) is 15.4. The summed E-state index contributed by atoms with van der Waals surface area (Å²) in [5, 5.41) is 0. The second-order valence-corrected chi connectivity index (χ2v) is 4.48. The Hall–Kier alpha value is -0.300. The van der Waals surface area contributed by atoms with E-state index >= 15 is 0 Å². The lowest BCUT2D eigenvalue weighted by Crippen LogP contribution is -2.29. The van der Waals surface area contributed by atoms with Crippen LogP contribution in [-0.4, -0.2) is 12.7 Å². The molecular weight excluding hydrogens is 148 g/mol. The fourth-order valence-corrected chi connectivity index (χ4v) is 1.07. The molecule has 0 rings (SSSR count). The van der Waals surface area contributed by atoms with Gasteiger partial charge in [0, 0.05) is 0 Å². The van der Waals surface area contributed by atoms with E-state index in [1.807, 2.05) is 0 Å². The number of hydrogen-bond donors (Lipinski definition) is 0. The van der Waals surface area contributed by atoms with Crippen molar-refractivity contribution >= 4 is 0 Å². The van der Waals surface area contributed by atoms with Crippen molar-refractivity contribution in [2.75, 3.05) is 6.61 Å². The van der Waals surface area contributed by atoms with Crippen molar-refractivity contribution in [1.82, 2.24) is 0 Å². The fraction of sp³-hybridized carbons (Fsp3) is 0.818. The van der Waals surface area contributed by atoms with E-state index in [0.717, 1.165) is 0 Å². The van der Waals surface area contributed by atoms with Crippen LogP contribution < -0.4 is 0 Å². The van der Waals surface area contributed by atoms with Gasteiger partial charge in [-0.15, -0.1) is 6.58 Å². The Morgan fingerprint density at radius 3 is 2.17 bits per heavy atom. The zero-order valence-electron chi connectivity index (χ0n) is 9.05. The molecule has 1 heteroatoms. The smallest absolute Gasteiger partial charge is 0.0648 e. The van der Waals surface area contributed by atoms with Crippen LogP contribution in [0.1, 0.15) is 34.6 Å². The van der Waals surface area contributed by atoms with Gasteiger partial charge in [0.05, 0.1) is 12.7 Å². The lowest BCUT2D eigenvalue weighted by molar-refractivity contribution is 0.00862. The maximum absolute atomic E-state index is 5.56. The summed E-state index contributed by atoms with van der Waals surface area (Å²) < 4.78 is 5.56. The van der Waals surface area contributed by atoms with Crippen LogP contribution in [0.5, 0.6) is 0 Å². The number of rotatable bonds is 4. The molecule has 0 fully saturated rings. The quantitative estimate of drug-likeness (QED) is 0.588. The SMILES string of the molecule is C=CCO[C@@H](C)[C@@H](C)C(C)(C)C. The van der Waals surface area contributed by atoms with E-state index in [2.05, 4.69) is 41.2 Å². The van der Waals surface area contributed by atoms with Gasteiger partial charge in [-0.05, 0) is 18.3 Å². The van der Waals surface area contributed by atoms with E-state index in [1.54, 1.807) is 6.08 Å². The summed E-state index contributed by atoms with van der Waals surface area (Å²) in [5.41, 5.74) is 0.320. The molecule has 0 bridgehead atoms. The van der Waals surface area contributed by atoms with Crippen molar-refractivity contribution in [2.24, 2.45) is 11.3 Å². The van der Waals surface area contributed by atoms with Crippen LogP contribution >= 0.6 is 0 Å². The first-order valence-electron chi connectivity index (χ1n) is 4.62. The standard InChI is InChI=1S/C11H22O/c1-7-8-12-10(3)9(2)11(4,5)6/h7,9-10H,1,8H2,2-6H3/t9-,10+/m1/s1. The van der Waals surface area contributed by atoms with Gasteiger partial charge in [-0.2, -0.15) is 0 Å². The van der Waals surface area contributed by atoms with Crippen LogP contribution in [0, 0.1) is 11.3 Å². The summed E-state index contributed by atoms with van der Waals surface area (Å²) in [4.78, 5) is 0. The van der Waals surface area contributed by atoms with Crippen LogP contribution in [-0.2, 0) is 4.74 Å². The summed E-state index contributed by atoms with van der Waals surface area (Å²) in [6, 6.07) is 0. The van der Waals surface area contributed by atoms with Gasteiger partial charge in [-0.1, -0.05) is 33.8 Å². The Labute approximate surface area is 76.8 Å². The molecule has 0 aromatic heterocycles. The summed E-state index contributed by atoms with van der Waals surface area (Å²) in [6.07, 6.45) is 2.11. The van der Waals surface area contributed by atoms with Crippen molar-refractivity contribution < 1.29 is 4.74 Å². The lowest BCUT2D eigenvalue weighted by atomic mass is 9.79. The Morgan fingerprint density at radius 1 is 1.33 bits per heavy atom. The average Bonchev–Trinajstić information content (AvgIpc) is 1.97. The number of ether oxygens (including phenoxy) is 1. The van der Waals surface area contributed by atoms with Crippen molar-refractivity contribution in [2.45, 2.75) is 40.7 Å². The van der Waals surface area contributed by atoms with Gasteiger partial charge < -0.3 is 4.74 Å². The molecule has 0 saturated heterocycles. The molecular formula is C11H22O. The minimum absolute atomic E-state index is 0.308. The maximum atomic E-state index is 5.56. The van der Waals surface area contributed by atoms with Gasteiger partial charge in [-0.3, -0.25) is 0 Å². The zero-order chi connectivity index (χ0) is 9.78. The van der Waals surface area contributed by atoms with E-state index in [9.17, 15) is 0 Å². The molecule has 72 valence electrons. The minimum Gasteiger partial charge on any atom is -0.374 e. The van der Waals surface area contributed by atoms with Crippen LogP contribution in [0.4, 0.5) is 0 Å². The Bertz CT molecular complexity index is 132. The molecule has 0 N–H and O–H groups in total. The maximum Gasteiger partial charge on any atom is 0.0648 e. The Balaban J connectivity index is 3.92. The molecule has 0 amide bonds. The highest BCUT2D eigenvalue weighted by Gasteiger charge is 2.25. The highest BCUT2D eigenvalue weighted by molar-refractivity contribution is 4.76. The topological polar surface area (TPSA) is 9.23 Å². The van der Waals surface area contributed by atoms with Gasteiger partial charge in [0.25, 0.3) is 0 Å². The first-order valence-corrected chi connectivity index (χ1v) is 4.62. The normalized spacial score (nSPS) is 17.1. The van der Waals surface area contributed by atoms with E-state index in [-0.39, 0.29) is 0 Å². The van der Waals surface area contributed by atoms with Crippen LogP contribution in [0.25, 0.3) is 0 Å². The van der Waals surface area contributed by atoms with Gasteiger partial charge >= 0.3 is 0 Å². The molecule has 0 heterocycles. The molecule has 12 heavy (non-hydrogen) atoms. The molecule has 1 nitrogen and oxygen atoms in total. The average molecular weight is 170 g/mol. The third-order valence-electron chi connectivity index (χ3n) is 2.55. The zero-order valence-corrected chi connectivity index (χ0v) is 9.05. The van der Waals surface area contributed by atoms with E-state index in [0.29, 0.717) is 24.0 Å².